The highest BCUT2D eigenvalue weighted by Crippen LogP contribution is 2.32. The Kier molecular flexibility index (Phi) is 6.24. The third-order valence-electron chi connectivity index (χ3n) is 3.25. The number of rotatable bonds is 5. The minimum atomic E-state index is -0.550. The van der Waals surface area contributed by atoms with Crippen LogP contribution in [0, 0.1) is 18.2 Å². The second kappa shape index (κ2) is 8.39. The first kappa shape index (κ1) is 17.1. The Morgan fingerprint density at radius 2 is 2.22 bits per heavy atom. The molecule has 23 heavy (non-hydrogen) atoms. The van der Waals surface area contributed by atoms with Gasteiger partial charge in [-0.05, 0) is 18.9 Å². The van der Waals surface area contributed by atoms with Crippen molar-refractivity contribution in [1.29, 1.82) is 0 Å². The zero-order chi connectivity index (χ0) is 16.7. The Morgan fingerprint density at radius 3 is 2.87 bits per heavy atom. The van der Waals surface area contributed by atoms with E-state index in [9.17, 15) is 4.39 Å². The van der Waals surface area contributed by atoms with Crippen molar-refractivity contribution < 1.29 is 14.0 Å². The zero-order valence-corrected chi connectivity index (χ0v) is 13.5. The molecule has 1 saturated heterocycles. The van der Waals surface area contributed by atoms with Gasteiger partial charge in [0.05, 0.1) is 5.02 Å². The molecule has 0 aliphatic carbocycles. The molecule has 0 unspecified atom stereocenters. The second-order valence-corrected chi connectivity index (χ2v) is 5.22. The fourth-order valence-corrected chi connectivity index (χ4v) is 2.39. The summed E-state index contributed by atoms with van der Waals surface area (Å²) in [6, 6.07) is 2.58. The summed E-state index contributed by atoms with van der Waals surface area (Å²) in [6.07, 6.45) is 8.72. The van der Waals surface area contributed by atoms with Gasteiger partial charge in [-0.2, -0.15) is 0 Å². The number of ether oxygens (including phenoxy) is 1. The van der Waals surface area contributed by atoms with Crippen molar-refractivity contribution >= 4 is 29.3 Å². The number of hydrogen-bond donors (Lipinski definition) is 0. The van der Waals surface area contributed by atoms with Gasteiger partial charge in [0.25, 0.3) is 0 Å². The fraction of sp³-hybridized carbons (Fsp3) is 0.375. The molecule has 0 bridgehead atoms. The van der Waals surface area contributed by atoms with Crippen LogP contribution in [0.15, 0.2) is 22.3 Å². The van der Waals surface area contributed by atoms with Crippen LogP contribution in [0.25, 0.3) is 0 Å². The largest absolute Gasteiger partial charge is 0.479 e. The first-order chi connectivity index (χ1) is 11.2. The highest BCUT2D eigenvalue weighted by molar-refractivity contribution is 6.32. The van der Waals surface area contributed by atoms with Crippen LogP contribution in [-0.4, -0.2) is 43.8 Å². The second-order valence-electron chi connectivity index (χ2n) is 4.81. The van der Waals surface area contributed by atoms with E-state index in [0.717, 1.165) is 32.0 Å². The van der Waals surface area contributed by atoms with Crippen LogP contribution in [0.1, 0.15) is 12.8 Å². The summed E-state index contributed by atoms with van der Waals surface area (Å²) >= 11 is 5.95. The average Bonchev–Trinajstić information content (AvgIpc) is 3.06. The quantitative estimate of drug-likeness (QED) is 0.358. The number of halogens is 2. The Hall–Kier alpha value is -2.26. The first-order valence-electron chi connectivity index (χ1n) is 7.11. The molecule has 0 aromatic heterocycles. The van der Waals surface area contributed by atoms with Gasteiger partial charge in [-0.1, -0.05) is 22.7 Å². The summed E-state index contributed by atoms with van der Waals surface area (Å²) < 4.78 is 19.4. The summed E-state index contributed by atoms with van der Waals surface area (Å²) in [4.78, 5) is 11.0. The molecule has 1 fully saturated rings. The third-order valence-corrected chi connectivity index (χ3v) is 3.55. The Bertz CT molecular complexity index is 649. The van der Waals surface area contributed by atoms with E-state index in [2.05, 4.69) is 16.1 Å². The summed E-state index contributed by atoms with van der Waals surface area (Å²) in [5.41, 5.74) is 0.103. The molecule has 0 radical (unpaired) electrons. The van der Waals surface area contributed by atoms with Gasteiger partial charge in [0.15, 0.2) is 11.7 Å². The van der Waals surface area contributed by atoms with Crippen LogP contribution >= 0.6 is 11.6 Å². The molecular weight excluding hydrogens is 321 g/mol. The lowest BCUT2D eigenvalue weighted by molar-refractivity contribution is 0.215. The lowest BCUT2D eigenvalue weighted by Crippen LogP contribution is -2.28. The molecule has 1 aliphatic heterocycles. The summed E-state index contributed by atoms with van der Waals surface area (Å²) in [5, 5.41) is 3.87. The number of hydrogen-bond acceptors (Lipinski definition) is 4. The molecule has 1 aromatic rings. The van der Waals surface area contributed by atoms with E-state index in [1.54, 1.807) is 0 Å². The molecule has 0 atom stereocenters. The fourth-order valence-electron chi connectivity index (χ4n) is 2.18. The van der Waals surface area contributed by atoms with Crippen molar-refractivity contribution in [3.8, 4) is 18.1 Å². The minimum Gasteiger partial charge on any atom is -0.479 e. The van der Waals surface area contributed by atoms with Crippen LogP contribution in [0.4, 0.5) is 10.1 Å². The van der Waals surface area contributed by atoms with Gasteiger partial charge in [-0.3, -0.25) is 0 Å². The van der Waals surface area contributed by atoms with Gasteiger partial charge in [-0.15, -0.1) is 6.42 Å². The van der Waals surface area contributed by atoms with Crippen LogP contribution in [0.3, 0.4) is 0 Å². The Labute approximate surface area is 139 Å². The highest BCUT2D eigenvalue weighted by atomic mass is 35.5. The molecular formula is C16H17ClFN3O2. The molecule has 122 valence electrons. The van der Waals surface area contributed by atoms with E-state index in [1.807, 2.05) is 4.90 Å². The Morgan fingerprint density at radius 1 is 1.48 bits per heavy atom. The SMILES string of the molecule is C#CCOc1cc(/N=C(\C=N/OC)N2CCCC2)c(F)cc1Cl. The summed E-state index contributed by atoms with van der Waals surface area (Å²) in [5.74, 6) is 2.59. The number of terminal acetylenes is 1. The standard InChI is InChI=1S/C16H17ClFN3O2/c1-3-8-23-15-10-14(13(18)9-12(15)17)20-16(11-19-22-2)21-6-4-5-7-21/h1,9-11H,4-8H2,2H3/b19-11-,20-16+. The maximum absolute atomic E-state index is 14.1. The number of nitrogens with zero attached hydrogens (tertiary/aromatic N) is 3. The normalized spacial score (nSPS) is 15.0. The van der Waals surface area contributed by atoms with E-state index in [0.29, 0.717) is 5.84 Å². The molecule has 0 N–H and O–H groups in total. The van der Waals surface area contributed by atoms with Crippen LogP contribution in [0.5, 0.6) is 5.75 Å². The number of oxime groups is 1. The first-order valence-corrected chi connectivity index (χ1v) is 7.49. The van der Waals surface area contributed by atoms with E-state index in [4.69, 9.17) is 27.6 Å². The third kappa shape index (κ3) is 4.60. The lowest BCUT2D eigenvalue weighted by atomic mass is 10.3. The van der Waals surface area contributed by atoms with Crippen molar-refractivity contribution in [2.75, 3.05) is 26.8 Å². The maximum atomic E-state index is 14.1. The molecule has 0 saturated carbocycles. The van der Waals surface area contributed by atoms with Crippen LogP contribution < -0.4 is 4.74 Å². The molecule has 1 aromatic carbocycles. The van der Waals surface area contributed by atoms with Gasteiger partial charge in [0.1, 0.15) is 31.4 Å². The smallest absolute Gasteiger partial charge is 0.151 e. The van der Waals surface area contributed by atoms with Crippen molar-refractivity contribution in [2.24, 2.45) is 10.1 Å². The molecule has 0 spiro atoms. The van der Waals surface area contributed by atoms with Gasteiger partial charge >= 0.3 is 0 Å². The van der Waals surface area contributed by atoms with Crippen molar-refractivity contribution in [1.82, 2.24) is 4.90 Å². The van der Waals surface area contributed by atoms with Gasteiger partial charge in [0.2, 0.25) is 0 Å². The van der Waals surface area contributed by atoms with Crippen molar-refractivity contribution in [2.45, 2.75) is 12.8 Å². The highest BCUT2D eigenvalue weighted by Gasteiger charge is 2.17. The van der Waals surface area contributed by atoms with Crippen LogP contribution in [-0.2, 0) is 4.84 Å². The molecule has 7 heteroatoms. The summed E-state index contributed by atoms with van der Waals surface area (Å²) in [7, 11) is 1.44. The minimum absolute atomic E-state index is 0.0403. The number of benzene rings is 1. The Balaban J connectivity index is 2.36. The predicted octanol–water partition coefficient (Wildman–Crippen LogP) is 3.25. The van der Waals surface area contributed by atoms with Gasteiger partial charge in [0, 0.05) is 19.2 Å². The molecule has 5 nitrogen and oxygen atoms in total. The summed E-state index contributed by atoms with van der Waals surface area (Å²) in [6.45, 7) is 1.72. The lowest BCUT2D eigenvalue weighted by Gasteiger charge is -2.17. The number of amidine groups is 1. The monoisotopic (exact) mass is 337 g/mol. The van der Waals surface area contributed by atoms with Crippen molar-refractivity contribution in [3.63, 3.8) is 0 Å². The van der Waals surface area contributed by atoms with Gasteiger partial charge < -0.3 is 14.5 Å². The van der Waals surface area contributed by atoms with Crippen molar-refractivity contribution in [3.05, 3.63) is 23.0 Å². The van der Waals surface area contributed by atoms with E-state index < -0.39 is 5.82 Å². The molecule has 1 aliphatic rings. The number of aliphatic imine (C=N–C) groups is 1. The van der Waals surface area contributed by atoms with Gasteiger partial charge in [-0.25, -0.2) is 9.38 Å². The van der Waals surface area contributed by atoms with Crippen LogP contribution in [0.2, 0.25) is 5.02 Å². The molecule has 2 rings (SSSR count). The maximum Gasteiger partial charge on any atom is 0.151 e. The zero-order valence-electron chi connectivity index (χ0n) is 12.8. The van der Waals surface area contributed by atoms with E-state index in [1.165, 1.54) is 19.4 Å². The number of likely N-dealkylation sites (tertiary alicyclic amines) is 1. The molecule has 1 heterocycles. The average molecular weight is 338 g/mol. The van der Waals surface area contributed by atoms with E-state index in [-0.39, 0.29) is 23.1 Å². The molecule has 0 amide bonds. The topological polar surface area (TPSA) is 46.4 Å². The predicted molar refractivity (Wildman–Crippen MR) is 89.1 cm³/mol. The van der Waals surface area contributed by atoms with E-state index >= 15 is 0 Å².